The molecule has 4 rings (SSSR count). The van der Waals surface area contributed by atoms with Gasteiger partial charge in [0.25, 0.3) is 0 Å². The van der Waals surface area contributed by atoms with Crippen LogP contribution in [0.5, 0.6) is 5.75 Å². The number of aliphatic hydroxyl groups is 3. The molecule has 0 bridgehead atoms. The average Bonchev–Trinajstić information content (AvgIpc) is 2.57. The Morgan fingerprint density at radius 2 is 1.79 bits per heavy atom. The van der Waals surface area contributed by atoms with Crippen LogP contribution in [-0.4, -0.2) is 49.6 Å². The van der Waals surface area contributed by atoms with Gasteiger partial charge in [0.2, 0.25) is 5.91 Å². The molecular weight excluding hydrogens is 425 g/mol. The number of aliphatic hydroxyl groups excluding tert-OH is 2. The van der Waals surface area contributed by atoms with Crippen LogP contribution in [0.2, 0.25) is 0 Å². The van der Waals surface area contributed by atoms with Gasteiger partial charge < -0.3 is 26.2 Å². The number of aromatic hydroxyl groups is 1. The van der Waals surface area contributed by atoms with Crippen LogP contribution in [0.15, 0.2) is 29.5 Å². The summed E-state index contributed by atoms with van der Waals surface area (Å²) in [7, 11) is 0. The quantitative estimate of drug-likeness (QED) is 0.429. The van der Waals surface area contributed by atoms with Crippen molar-refractivity contribution in [3.05, 3.63) is 40.7 Å². The van der Waals surface area contributed by atoms with E-state index >= 15 is 0 Å². The molecule has 3 aliphatic carbocycles. The maximum Gasteiger partial charge on any atom is 0.225 e. The molecule has 5 atom stereocenters. The first-order chi connectivity index (χ1) is 12.7. The van der Waals surface area contributed by atoms with Crippen LogP contribution in [-0.2, 0) is 9.59 Å². The summed E-state index contributed by atoms with van der Waals surface area (Å²) in [5, 5.41) is 41.8. The number of ketones is 2. The van der Waals surface area contributed by atoms with Crippen LogP contribution in [0, 0.1) is 11.8 Å². The molecular formula is C19H21Cl2NO7. The van der Waals surface area contributed by atoms with Gasteiger partial charge in [0, 0.05) is 23.8 Å². The number of primary amides is 1. The average molecular weight is 446 g/mol. The molecule has 0 aliphatic heterocycles. The number of halogens is 2. The Morgan fingerprint density at radius 3 is 2.41 bits per heavy atom. The monoisotopic (exact) mass is 445 g/mol. The molecule has 0 saturated heterocycles. The van der Waals surface area contributed by atoms with E-state index in [4.69, 9.17) is 5.73 Å². The van der Waals surface area contributed by atoms with E-state index in [0.29, 0.717) is 0 Å². The van der Waals surface area contributed by atoms with E-state index in [-0.39, 0.29) is 66.5 Å². The van der Waals surface area contributed by atoms with Crippen molar-refractivity contribution in [3.63, 3.8) is 0 Å². The summed E-state index contributed by atoms with van der Waals surface area (Å²) < 4.78 is 0. The van der Waals surface area contributed by atoms with Crippen molar-refractivity contribution in [2.75, 3.05) is 0 Å². The molecule has 1 amide bonds. The summed E-state index contributed by atoms with van der Waals surface area (Å²) in [6, 6.07) is 4.27. The van der Waals surface area contributed by atoms with Crippen LogP contribution >= 0.6 is 24.8 Å². The van der Waals surface area contributed by atoms with Gasteiger partial charge in [-0.15, -0.1) is 24.8 Å². The number of carbonyl (C=O) groups excluding carboxylic acids is 3. The standard InChI is InChI=1S/C19H19NO7.2ClH/c20-18(26)13-9-2-1-3-11(22)14(9)16(24)15-10(13)5-7-4-8(21)6-12(23)19(7,27)17(15)25;;/h1-3,7-8,10,13,21-22,25,27H,4-6H2,(H2,20,26);2*1H. The second-order valence-corrected chi connectivity index (χ2v) is 7.54. The van der Waals surface area contributed by atoms with Gasteiger partial charge in [-0.3, -0.25) is 14.4 Å². The van der Waals surface area contributed by atoms with Gasteiger partial charge in [-0.25, -0.2) is 0 Å². The summed E-state index contributed by atoms with van der Waals surface area (Å²) in [4.78, 5) is 37.7. The highest BCUT2D eigenvalue weighted by molar-refractivity contribution is 6.16. The number of carbonyl (C=O) groups is 3. The molecule has 1 aromatic carbocycles. The number of fused-ring (bicyclic) bond motifs is 3. The predicted octanol–water partition coefficient (Wildman–Crippen LogP) is 0.904. The summed E-state index contributed by atoms with van der Waals surface area (Å²) in [5.74, 6) is -6.16. The molecule has 8 nitrogen and oxygen atoms in total. The van der Waals surface area contributed by atoms with Gasteiger partial charge >= 0.3 is 0 Å². The van der Waals surface area contributed by atoms with E-state index in [1.165, 1.54) is 18.2 Å². The second kappa shape index (κ2) is 7.60. The number of Topliss-reactive ketones (excluding diaryl/α,β-unsaturated/α-hetero) is 2. The number of nitrogens with two attached hydrogens (primary N) is 1. The van der Waals surface area contributed by atoms with Crippen molar-refractivity contribution < 1.29 is 34.8 Å². The summed E-state index contributed by atoms with van der Waals surface area (Å²) in [6.07, 6.45) is -1.25. The lowest BCUT2D eigenvalue weighted by molar-refractivity contribution is -0.155. The largest absolute Gasteiger partial charge is 0.508 e. The highest BCUT2D eigenvalue weighted by Gasteiger charge is 2.60. The fourth-order valence-electron chi connectivity index (χ4n) is 4.92. The van der Waals surface area contributed by atoms with Crippen molar-refractivity contribution in [2.45, 2.75) is 36.9 Å². The number of benzene rings is 1. The van der Waals surface area contributed by atoms with Crippen molar-refractivity contribution in [1.29, 1.82) is 0 Å². The molecule has 1 saturated carbocycles. The maximum absolute atomic E-state index is 13.0. The zero-order valence-corrected chi connectivity index (χ0v) is 16.7. The lowest BCUT2D eigenvalue weighted by Crippen LogP contribution is -2.58. The molecule has 0 radical (unpaired) electrons. The van der Waals surface area contributed by atoms with Gasteiger partial charge in [0.15, 0.2) is 17.2 Å². The molecule has 3 aliphatic rings. The highest BCUT2D eigenvalue weighted by atomic mass is 35.5. The molecule has 0 spiro atoms. The van der Waals surface area contributed by atoms with E-state index < -0.39 is 52.7 Å². The van der Waals surface area contributed by atoms with Crippen LogP contribution in [0.3, 0.4) is 0 Å². The molecule has 6 N–H and O–H groups in total. The molecule has 0 heterocycles. The maximum atomic E-state index is 13.0. The SMILES string of the molecule is Cl.Cl.NC(=O)C1c2cccc(O)c2C(=O)C2=C(O)C3(O)C(=O)CC(O)CC3CC21. The van der Waals surface area contributed by atoms with Gasteiger partial charge in [-0.2, -0.15) is 0 Å². The third-order valence-electron chi connectivity index (χ3n) is 6.11. The highest BCUT2D eigenvalue weighted by Crippen LogP contribution is 2.54. The lowest BCUT2D eigenvalue weighted by atomic mass is 9.57. The molecule has 1 fully saturated rings. The Hall–Kier alpha value is -2.13. The first-order valence-corrected chi connectivity index (χ1v) is 8.71. The molecule has 5 unspecified atom stereocenters. The zero-order valence-electron chi connectivity index (χ0n) is 15.1. The van der Waals surface area contributed by atoms with E-state index in [0.717, 1.165) is 0 Å². The number of phenolic OH excluding ortho intramolecular Hbond substituents is 1. The number of phenols is 1. The van der Waals surface area contributed by atoms with E-state index in [1.807, 2.05) is 0 Å². The number of rotatable bonds is 1. The number of allylic oxidation sites excluding steroid dienone is 1. The van der Waals surface area contributed by atoms with Gasteiger partial charge in [0.1, 0.15) is 11.5 Å². The van der Waals surface area contributed by atoms with Crippen LogP contribution in [0.4, 0.5) is 0 Å². The molecule has 10 heteroatoms. The summed E-state index contributed by atoms with van der Waals surface area (Å²) in [6.45, 7) is 0. The van der Waals surface area contributed by atoms with Gasteiger partial charge in [0.05, 0.1) is 17.6 Å². The fourth-order valence-corrected chi connectivity index (χ4v) is 4.92. The Balaban J connectivity index is 0.00000150. The van der Waals surface area contributed by atoms with Crippen molar-refractivity contribution in [2.24, 2.45) is 17.6 Å². The topological polar surface area (TPSA) is 158 Å². The third kappa shape index (κ3) is 3.02. The Morgan fingerprint density at radius 1 is 1.14 bits per heavy atom. The number of hydrogen-bond donors (Lipinski definition) is 5. The van der Waals surface area contributed by atoms with Crippen LogP contribution in [0.25, 0.3) is 0 Å². The first kappa shape index (κ1) is 23.2. The minimum Gasteiger partial charge on any atom is -0.508 e. The lowest BCUT2D eigenvalue weighted by Gasteiger charge is -2.48. The first-order valence-electron chi connectivity index (χ1n) is 8.71. The molecule has 29 heavy (non-hydrogen) atoms. The van der Waals surface area contributed by atoms with Crippen molar-refractivity contribution in [3.8, 4) is 5.75 Å². The fraction of sp³-hybridized carbons (Fsp3) is 0.421. The van der Waals surface area contributed by atoms with E-state index in [9.17, 15) is 34.8 Å². The zero-order chi connectivity index (χ0) is 19.7. The Bertz CT molecular complexity index is 931. The minimum absolute atomic E-state index is 0. The number of hydrogen-bond acceptors (Lipinski definition) is 7. The minimum atomic E-state index is -2.29. The van der Waals surface area contributed by atoms with Crippen LogP contribution < -0.4 is 5.73 Å². The summed E-state index contributed by atoms with van der Waals surface area (Å²) >= 11 is 0. The Kier molecular flexibility index (Phi) is 6.07. The predicted molar refractivity (Wildman–Crippen MR) is 105 cm³/mol. The van der Waals surface area contributed by atoms with Crippen LogP contribution in [0.1, 0.15) is 41.1 Å². The normalized spacial score (nSPS) is 32.9. The van der Waals surface area contributed by atoms with Gasteiger partial charge in [-0.1, -0.05) is 12.1 Å². The van der Waals surface area contributed by atoms with Gasteiger partial charge in [-0.05, 0) is 24.5 Å². The van der Waals surface area contributed by atoms with E-state index in [1.54, 1.807) is 0 Å². The number of amides is 1. The Labute approximate surface area is 178 Å². The van der Waals surface area contributed by atoms with Crippen molar-refractivity contribution in [1.82, 2.24) is 0 Å². The molecule has 158 valence electrons. The summed E-state index contributed by atoms with van der Waals surface area (Å²) in [5.41, 5.74) is 3.11. The smallest absolute Gasteiger partial charge is 0.225 e. The third-order valence-corrected chi connectivity index (χ3v) is 6.11. The molecule has 0 aromatic heterocycles. The van der Waals surface area contributed by atoms with E-state index in [2.05, 4.69) is 0 Å². The molecule has 1 aromatic rings. The second-order valence-electron chi connectivity index (χ2n) is 7.54. The van der Waals surface area contributed by atoms with Crippen molar-refractivity contribution >= 4 is 42.3 Å².